The number of amides is 1. The van der Waals surface area contributed by atoms with Gasteiger partial charge in [-0.05, 0) is 26.3 Å². The van der Waals surface area contributed by atoms with Gasteiger partial charge in [0, 0.05) is 26.2 Å². The number of nitrogens with one attached hydrogen (secondary N) is 1. The van der Waals surface area contributed by atoms with E-state index in [0.29, 0.717) is 19.6 Å². The van der Waals surface area contributed by atoms with E-state index < -0.39 is 17.5 Å². The van der Waals surface area contributed by atoms with Gasteiger partial charge in [0.2, 0.25) is 5.91 Å². The molecule has 2 heterocycles. The third kappa shape index (κ3) is 2.72. The second-order valence-electron chi connectivity index (χ2n) is 5.29. The molecule has 0 bridgehead atoms. The molecule has 0 saturated carbocycles. The molecule has 0 aromatic carbocycles. The van der Waals surface area contributed by atoms with Crippen LogP contribution in [0.3, 0.4) is 0 Å². The number of hydrogen-bond donors (Lipinski definition) is 1. The largest absolute Gasteiger partial charge is 0.404 e. The molecule has 2 fully saturated rings. The molecule has 1 amide bonds. The molecule has 2 unspecified atom stereocenters. The molecule has 0 aliphatic carbocycles. The normalized spacial score (nSPS) is 33.3. The summed E-state index contributed by atoms with van der Waals surface area (Å²) >= 11 is 0. The number of ether oxygens (including phenoxy) is 1. The average Bonchev–Trinajstić information content (AvgIpc) is 2.73. The molecule has 2 saturated heterocycles. The molecule has 0 spiro atoms. The van der Waals surface area contributed by atoms with Crippen molar-refractivity contribution in [2.75, 3.05) is 32.8 Å². The van der Waals surface area contributed by atoms with Crippen LogP contribution in [0.15, 0.2) is 0 Å². The molecule has 7 heteroatoms. The minimum Gasteiger partial charge on any atom is -0.377 e. The standard InChI is InChI=1S/C12H19F3N2O2/c1-9-7-17(5-2-6-19-9)10(18)11(12(13,14)15)3-4-16-8-11/h9,16H,2-8H2,1H3. The fraction of sp³-hybridized carbons (Fsp3) is 0.917. The van der Waals surface area contributed by atoms with E-state index in [2.05, 4.69) is 5.32 Å². The molecule has 110 valence electrons. The fourth-order valence-corrected chi connectivity index (χ4v) is 2.72. The number of carbonyl (C=O) groups is 1. The Balaban J connectivity index is 2.20. The highest BCUT2D eigenvalue weighted by molar-refractivity contribution is 5.84. The van der Waals surface area contributed by atoms with Gasteiger partial charge < -0.3 is 15.0 Å². The molecular weight excluding hydrogens is 261 g/mol. The highest BCUT2D eigenvalue weighted by atomic mass is 19.4. The number of halogens is 3. The SMILES string of the molecule is CC1CN(C(=O)C2(C(F)(F)F)CCNC2)CCCO1. The molecule has 0 radical (unpaired) electrons. The second kappa shape index (κ2) is 5.28. The van der Waals surface area contributed by atoms with Crippen molar-refractivity contribution in [1.82, 2.24) is 10.2 Å². The molecule has 2 atom stereocenters. The van der Waals surface area contributed by atoms with Gasteiger partial charge in [0.25, 0.3) is 0 Å². The van der Waals surface area contributed by atoms with Gasteiger partial charge in [-0.3, -0.25) is 4.79 Å². The van der Waals surface area contributed by atoms with E-state index in [4.69, 9.17) is 4.74 Å². The molecule has 4 nitrogen and oxygen atoms in total. The van der Waals surface area contributed by atoms with Crippen LogP contribution in [0.5, 0.6) is 0 Å². The molecule has 2 aliphatic rings. The van der Waals surface area contributed by atoms with E-state index in [9.17, 15) is 18.0 Å². The Labute approximate surface area is 110 Å². The van der Waals surface area contributed by atoms with Crippen molar-refractivity contribution in [3.8, 4) is 0 Å². The molecule has 0 aromatic rings. The predicted octanol–water partition coefficient (Wildman–Crippen LogP) is 1.17. The van der Waals surface area contributed by atoms with E-state index in [-0.39, 0.29) is 32.2 Å². The van der Waals surface area contributed by atoms with Gasteiger partial charge in [0.15, 0.2) is 5.41 Å². The molecule has 2 rings (SSSR count). The third-order valence-electron chi connectivity index (χ3n) is 3.85. The maximum atomic E-state index is 13.3. The maximum Gasteiger partial charge on any atom is 0.404 e. The third-order valence-corrected chi connectivity index (χ3v) is 3.85. The van der Waals surface area contributed by atoms with Crippen molar-refractivity contribution in [2.24, 2.45) is 5.41 Å². The Kier molecular flexibility index (Phi) is 4.06. The first-order valence-corrected chi connectivity index (χ1v) is 6.55. The van der Waals surface area contributed by atoms with Crippen LogP contribution in [-0.2, 0) is 9.53 Å². The quantitative estimate of drug-likeness (QED) is 0.784. The van der Waals surface area contributed by atoms with Gasteiger partial charge in [-0.25, -0.2) is 0 Å². The Morgan fingerprint density at radius 3 is 2.79 bits per heavy atom. The Morgan fingerprint density at radius 1 is 1.47 bits per heavy atom. The van der Waals surface area contributed by atoms with Crippen molar-refractivity contribution in [3.63, 3.8) is 0 Å². The lowest BCUT2D eigenvalue weighted by Gasteiger charge is -2.35. The van der Waals surface area contributed by atoms with Crippen molar-refractivity contribution in [3.05, 3.63) is 0 Å². The number of rotatable bonds is 1. The molecule has 19 heavy (non-hydrogen) atoms. The van der Waals surface area contributed by atoms with Crippen LogP contribution in [-0.4, -0.2) is 55.9 Å². The molecular formula is C12H19F3N2O2. The lowest BCUT2D eigenvalue weighted by molar-refractivity contribution is -0.222. The summed E-state index contributed by atoms with van der Waals surface area (Å²) in [5, 5.41) is 2.67. The van der Waals surface area contributed by atoms with Crippen molar-refractivity contribution >= 4 is 5.91 Å². The van der Waals surface area contributed by atoms with Crippen molar-refractivity contribution < 1.29 is 22.7 Å². The van der Waals surface area contributed by atoms with E-state index in [0.717, 1.165) is 0 Å². The van der Waals surface area contributed by atoms with E-state index in [1.165, 1.54) is 4.90 Å². The first kappa shape index (κ1) is 14.6. The number of nitrogens with zero attached hydrogens (tertiary/aromatic N) is 1. The summed E-state index contributed by atoms with van der Waals surface area (Å²) < 4.78 is 45.3. The Hall–Kier alpha value is -0.820. The zero-order valence-electron chi connectivity index (χ0n) is 10.9. The minimum atomic E-state index is -4.51. The fourth-order valence-electron chi connectivity index (χ4n) is 2.72. The Morgan fingerprint density at radius 2 is 2.21 bits per heavy atom. The minimum absolute atomic E-state index is 0.179. The van der Waals surface area contributed by atoms with Crippen molar-refractivity contribution in [1.29, 1.82) is 0 Å². The van der Waals surface area contributed by atoms with Gasteiger partial charge in [-0.2, -0.15) is 13.2 Å². The van der Waals surface area contributed by atoms with Crippen LogP contribution in [0.4, 0.5) is 13.2 Å². The summed E-state index contributed by atoms with van der Waals surface area (Å²) in [7, 11) is 0. The van der Waals surface area contributed by atoms with E-state index in [1.807, 2.05) is 0 Å². The zero-order chi connectivity index (χ0) is 14.1. The van der Waals surface area contributed by atoms with Gasteiger partial charge >= 0.3 is 6.18 Å². The van der Waals surface area contributed by atoms with Gasteiger partial charge in [-0.15, -0.1) is 0 Å². The van der Waals surface area contributed by atoms with Gasteiger partial charge in [0.05, 0.1) is 6.10 Å². The van der Waals surface area contributed by atoms with Crippen LogP contribution in [0.25, 0.3) is 0 Å². The van der Waals surface area contributed by atoms with Crippen LogP contribution in [0, 0.1) is 5.41 Å². The average molecular weight is 280 g/mol. The summed E-state index contributed by atoms with van der Waals surface area (Å²) in [5.41, 5.74) is -2.25. The summed E-state index contributed by atoms with van der Waals surface area (Å²) in [5.74, 6) is -0.803. The van der Waals surface area contributed by atoms with Crippen LogP contribution < -0.4 is 5.32 Å². The van der Waals surface area contributed by atoms with Crippen LogP contribution in [0.2, 0.25) is 0 Å². The summed E-state index contributed by atoms with van der Waals surface area (Å²) in [6, 6.07) is 0. The molecule has 1 N–H and O–H groups in total. The number of carbonyl (C=O) groups excluding carboxylic acids is 1. The lowest BCUT2D eigenvalue weighted by Crippen LogP contribution is -2.54. The topological polar surface area (TPSA) is 41.6 Å². The molecule has 2 aliphatic heterocycles. The summed E-state index contributed by atoms with van der Waals surface area (Å²) in [6.07, 6.45) is -4.33. The predicted molar refractivity (Wildman–Crippen MR) is 62.6 cm³/mol. The first-order chi connectivity index (χ1) is 8.87. The van der Waals surface area contributed by atoms with E-state index >= 15 is 0 Å². The van der Waals surface area contributed by atoms with Gasteiger partial charge in [0.1, 0.15) is 0 Å². The second-order valence-corrected chi connectivity index (χ2v) is 5.29. The molecule has 0 aromatic heterocycles. The smallest absolute Gasteiger partial charge is 0.377 e. The lowest BCUT2D eigenvalue weighted by atomic mass is 9.84. The van der Waals surface area contributed by atoms with Crippen molar-refractivity contribution in [2.45, 2.75) is 32.0 Å². The number of hydrogen-bond acceptors (Lipinski definition) is 3. The monoisotopic (exact) mass is 280 g/mol. The summed E-state index contributed by atoms with van der Waals surface area (Å²) in [6.45, 7) is 2.74. The Bertz CT molecular complexity index is 340. The first-order valence-electron chi connectivity index (χ1n) is 6.55. The highest BCUT2D eigenvalue weighted by Gasteiger charge is 2.62. The van der Waals surface area contributed by atoms with Gasteiger partial charge in [-0.1, -0.05) is 0 Å². The summed E-state index contributed by atoms with van der Waals surface area (Å²) in [4.78, 5) is 13.7. The zero-order valence-corrected chi connectivity index (χ0v) is 10.9. The highest BCUT2D eigenvalue weighted by Crippen LogP contribution is 2.44. The van der Waals surface area contributed by atoms with Crippen LogP contribution >= 0.6 is 0 Å². The van der Waals surface area contributed by atoms with E-state index in [1.54, 1.807) is 6.92 Å². The number of alkyl halides is 3. The maximum absolute atomic E-state index is 13.3. The van der Waals surface area contributed by atoms with Crippen LogP contribution in [0.1, 0.15) is 19.8 Å².